The van der Waals surface area contributed by atoms with E-state index in [0.29, 0.717) is 31.1 Å². The third-order valence-corrected chi connectivity index (χ3v) is 6.39. The monoisotopic (exact) mass is 347 g/mol. The van der Waals surface area contributed by atoms with Gasteiger partial charge < -0.3 is 14.7 Å². The lowest BCUT2D eigenvalue weighted by Crippen LogP contribution is -2.40. The summed E-state index contributed by atoms with van der Waals surface area (Å²) in [4.78, 5) is 2.38. The molecule has 25 heavy (non-hydrogen) atoms. The van der Waals surface area contributed by atoms with Gasteiger partial charge in [0.05, 0.1) is 18.8 Å². The normalized spacial score (nSPS) is 31.4. The van der Waals surface area contributed by atoms with Crippen LogP contribution in [0.25, 0.3) is 0 Å². The van der Waals surface area contributed by atoms with Crippen LogP contribution in [-0.2, 0) is 4.74 Å². The number of rotatable bonds is 6. The van der Waals surface area contributed by atoms with E-state index in [0.717, 1.165) is 18.9 Å². The van der Waals surface area contributed by atoms with E-state index < -0.39 is 6.10 Å². The molecule has 0 aromatic rings. The van der Waals surface area contributed by atoms with Crippen LogP contribution in [0.15, 0.2) is 23.4 Å². The fourth-order valence-corrected chi connectivity index (χ4v) is 4.92. The molecule has 0 radical (unpaired) electrons. The molecule has 1 N–H and O–H groups in total. The molecule has 3 heteroatoms. The highest BCUT2D eigenvalue weighted by atomic mass is 16.5. The summed E-state index contributed by atoms with van der Waals surface area (Å²) in [6, 6.07) is 0. The molecule has 4 unspecified atom stereocenters. The summed E-state index contributed by atoms with van der Waals surface area (Å²) in [5.41, 5.74) is 2.96. The molecule has 0 saturated heterocycles. The first-order chi connectivity index (χ1) is 12.0. The molecule has 0 bridgehead atoms. The molecule has 1 saturated carbocycles. The van der Waals surface area contributed by atoms with Crippen molar-refractivity contribution in [3.05, 3.63) is 23.4 Å². The van der Waals surface area contributed by atoms with E-state index in [1.165, 1.54) is 44.2 Å². The lowest BCUT2D eigenvalue weighted by atomic mass is 9.75. The summed E-state index contributed by atoms with van der Waals surface area (Å²) in [7, 11) is 0. The number of aliphatic hydroxyl groups is 1. The Morgan fingerprint density at radius 3 is 2.92 bits per heavy atom. The first kappa shape index (κ1) is 19.0. The van der Waals surface area contributed by atoms with Crippen LogP contribution in [0.1, 0.15) is 65.7 Å². The van der Waals surface area contributed by atoms with Crippen molar-refractivity contribution in [3.8, 4) is 0 Å². The molecule has 0 spiro atoms. The average molecular weight is 348 g/mol. The third kappa shape index (κ3) is 4.89. The lowest BCUT2D eigenvalue weighted by molar-refractivity contribution is -0.0726. The third-order valence-electron chi connectivity index (χ3n) is 6.39. The van der Waals surface area contributed by atoms with Gasteiger partial charge in [0, 0.05) is 18.8 Å². The molecule has 3 aliphatic rings. The molecule has 142 valence electrons. The Balaban J connectivity index is 1.52. The molecule has 1 heterocycles. The van der Waals surface area contributed by atoms with Crippen LogP contribution in [0.3, 0.4) is 0 Å². The van der Waals surface area contributed by atoms with Crippen LogP contribution in [0.4, 0.5) is 0 Å². The van der Waals surface area contributed by atoms with Crippen LogP contribution in [0.5, 0.6) is 0 Å². The van der Waals surface area contributed by atoms with Crippen LogP contribution in [-0.4, -0.2) is 41.9 Å². The minimum absolute atomic E-state index is 0.323. The van der Waals surface area contributed by atoms with Gasteiger partial charge in [-0.2, -0.15) is 0 Å². The van der Waals surface area contributed by atoms with E-state index >= 15 is 0 Å². The molecule has 1 aliphatic heterocycles. The maximum absolute atomic E-state index is 10.6. The van der Waals surface area contributed by atoms with E-state index in [4.69, 9.17) is 4.74 Å². The minimum Gasteiger partial charge on any atom is -0.389 e. The van der Waals surface area contributed by atoms with Gasteiger partial charge in [0.2, 0.25) is 0 Å². The highest BCUT2D eigenvalue weighted by Crippen LogP contribution is 2.35. The predicted molar refractivity (Wildman–Crippen MR) is 103 cm³/mol. The molecule has 0 aromatic heterocycles. The van der Waals surface area contributed by atoms with E-state index in [1.807, 2.05) is 0 Å². The second-order valence-electron chi connectivity index (χ2n) is 8.83. The highest BCUT2D eigenvalue weighted by Gasteiger charge is 2.32. The van der Waals surface area contributed by atoms with Crippen molar-refractivity contribution in [2.75, 3.05) is 19.7 Å². The minimum atomic E-state index is -0.396. The molecule has 4 atom stereocenters. The molecule has 0 aromatic carbocycles. The van der Waals surface area contributed by atoms with Crippen molar-refractivity contribution < 1.29 is 9.84 Å². The Morgan fingerprint density at radius 1 is 1.28 bits per heavy atom. The van der Waals surface area contributed by atoms with Crippen molar-refractivity contribution in [1.29, 1.82) is 0 Å². The standard InChI is InChI=1S/C22H37NO2/c1-16(2)20-11-10-17(3)13-22(20)25-15-19(24)14-23-12-6-8-18-7-4-5-9-21(18)23/h5,9,16-17,19-20,22,24H,4,6-8,10-15H2,1-3H3. The molecule has 0 amide bonds. The smallest absolute Gasteiger partial charge is 0.0948 e. The Bertz CT molecular complexity index is 496. The highest BCUT2D eigenvalue weighted by molar-refractivity contribution is 5.30. The van der Waals surface area contributed by atoms with Gasteiger partial charge >= 0.3 is 0 Å². The SMILES string of the molecule is CC1CCC(C(C)C)C(OCC(O)CN2CCCC3=C2C=CCC3)C1. The number of allylic oxidation sites excluding steroid dienone is 3. The molecule has 2 aliphatic carbocycles. The van der Waals surface area contributed by atoms with E-state index in [2.05, 4.69) is 37.8 Å². The van der Waals surface area contributed by atoms with Crippen LogP contribution >= 0.6 is 0 Å². The van der Waals surface area contributed by atoms with Gasteiger partial charge in [0.1, 0.15) is 0 Å². The van der Waals surface area contributed by atoms with E-state index in [-0.39, 0.29) is 0 Å². The lowest BCUT2D eigenvalue weighted by Gasteiger charge is -2.38. The van der Waals surface area contributed by atoms with Gasteiger partial charge in [-0.05, 0) is 67.9 Å². The number of nitrogens with zero attached hydrogens (tertiary/aromatic N) is 1. The van der Waals surface area contributed by atoms with Crippen molar-refractivity contribution in [3.63, 3.8) is 0 Å². The van der Waals surface area contributed by atoms with Gasteiger partial charge in [0.15, 0.2) is 0 Å². The van der Waals surface area contributed by atoms with Gasteiger partial charge in [-0.1, -0.05) is 33.3 Å². The van der Waals surface area contributed by atoms with Crippen LogP contribution in [0.2, 0.25) is 0 Å². The quantitative estimate of drug-likeness (QED) is 0.766. The summed E-state index contributed by atoms with van der Waals surface area (Å²) in [5, 5.41) is 10.6. The summed E-state index contributed by atoms with van der Waals surface area (Å²) in [6.45, 7) is 9.20. The van der Waals surface area contributed by atoms with Gasteiger partial charge in [-0.15, -0.1) is 0 Å². The summed E-state index contributed by atoms with van der Waals surface area (Å²) < 4.78 is 6.26. The van der Waals surface area contributed by atoms with Crippen LogP contribution in [0, 0.1) is 17.8 Å². The molecule has 3 nitrogen and oxygen atoms in total. The molecular weight excluding hydrogens is 310 g/mol. The Morgan fingerprint density at radius 2 is 2.12 bits per heavy atom. The molecule has 3 rings (SSSR count). The first-order valence-electron chi connectivity index (χ1n) is 10.5. The number of β-amino-alcohol motifs (C(OH)–C–C–N with tert-alkyl or cyclic N) is 1. The predicted octanol–water partition coefficient (Wildman–Crippen LogP) is 4.52. The van der Waals surface area contributed by atoms with E-state index in [1.54, 1.807) is 5.57 Å². The number of ether oxygens (including phenoxy) is 1. The number of aliphatic hydroxyl groups excluding tert-OH is 1. The fraction of sp³-hybridized carbons (Fsp3) is 0.818. The Kier molecular flexibility index (Phi) is 6.62. The molecular formula is C22H37NO2. The second-order valence-corrected chi connectivity index (χ2v) is 8.83. The number of hydrogen-bond donors (Lipinski definition) is 1. The second kappa shape index (κ2) is 8.73. The van der Waals surface area contributed by atoms with Gasteiger partial charge in [-0.3, -0.25) is 0 Å². The Labute approximate surface area is 154 Å². The summed E-state index contributed by atoms with van der Waals surface area (Å²) in [5.74, 6) is 2.06. The average Bonchev–Trinajstić information content (AvgIpc) is 2.60. The maximum atomic E-state index is 10.6. The Hall–Kier alpha value is -0.800. The maximum Gasteiger partial charge on any atom is 0.0948 e. The van der Waals surface area contributed by atoms with Gasteiger partial charge in [0.25, 0.3) is 0 Å². The molecule has 1 fully saturated rings. The summed E-state index contributed by atoms with van der Waals surface area (Å²) in [6.07, 6.45) is 13.0. The van der Waals surface area contributed by atoms with Crippen molar-refractivity contribution in [2.24, 2.45) is 17.8 Å². The van der Waals surface area contributed by atoms with E-state index in [9.17, 15) is 5.11 Å². The zero-order valence-electron chi connectivity index (χ0n) is 16.4. The summed E-state index contributed by atoms with van der Waals surface area (Å²) >= 11 is 0. The number of hydrogen-bond acceptors (Lipinski definition) is 3. The van der Waals surface area contributed by atoms with Crippen molar-refractivity contribution in [1.82, 2.24) is 4.90 Å². The fourth-order valence-electron chi connectivity index (χ4n) is 4.92. The van der Waals surface area contributed by atoms with Crippen LogP contribution < -0.4 is 0 Å². The van der Waals surface area contributed by atoms with Crippen molar-refractivity contribution >= 4 is 0 Å². The first-order valence-corrected chi connectivity index (χ1v) is 10.5. The van der Waals surface area contributed by atoms with Gasteiger partial charge in [-0.25, -0.2) is 0 Å². The topological polar surface area (TPSA) is 32.7 Å². The van der Waals surface area contributed by atoms with Crippen molar-refractivity contribution in [2.45, 2.75) is 77.9 Å². The largest absolute Gasteiger partial charge is 0.389 e. The zero-order chi connectivity index (χ0) is 17.8. The zero-order valence-corrected chi connectivity index (χ0v) is 16.4.